The first kappa shape index (κ1) is 16.0. The van der Waals surface area contributed by atoms with Gasteiger partial charge in [-0.3, -0.25) is 14.4 Å². The largest absolute Gasteiger partial charge is 0.342 e. The molecule has 6 nitrogen and oxygen atoms in total. The van der Waals surface area contributed by atoms with Gasteiger partial charge in [-0.05, 0) is 38.5 Å². The highest BCUT2D eigenvalue weighted by atomic mass is 16.2. The fraction of sp³-hybridized carbons (Fsp3) is 0.765. The van der Waals surface area contributed by atoms with Crippen molar-refractivity contribution in [2.75, 3.05) is 26.2 Å². The molecule has 6 heteroatoms. The molecule has 0 spiro atoms. The van der Waals surface area contributed by atoms with Crippen LogP contribution in [0.3, 0.4) is 0 Å². The monoisotopic (exact) mass is 317 g/mol. The van der Waals surface area contributed by atoms with Crippen LogP contribution in [0.1, 0.15) is 38.5 Å². The summed E-state index contributed by atoms with van der Waals surface area (Å²) in [6, 6.07) is 1.91. The van der Waals surface area contributed by atoms with Crippen LogP contribution in [0, 0.1) is 29.1 Å². The van der Waals surface area contributed by atoms with Crippen LogP contribution in [0.5, 0.6) is 0 Å². The Labute approximate surface area is 136 Å². The standard InChI is InChI=1S/C17H23N3O3/c18-10-14(17(23)19-7-1-2-8-19)15(21)13-4-3-9-20(11-13)16(22)12-5-6-12/h12-14H,1-9,11H2. The Morgan fingerprint density at radius 3 is 2.17 bits per heavy atom. The maximum absolute atomic E-state index is 12.7. The number of hydrogen-bond donors (Lipinski definition) is 0. The molecule has 0 N–H and O–H groups in total. The zero-order chi connectivity index (χ0) is 16.4. The van der Waals surface area contributed by atoms with Crippen LogP contribution in [-0.4, -0.2) is 53.6 Å². The van der Waals surface area contributed by atoms with Crippen LogP contribution >= 0.6 is 0 Å². The number of rotatable bonds is 4. The second-order valence-electron chi connectivity index (χ2n) is 6.89. The number of Topliss-reactive ketones (excluding diaryl/α,β-unsaturated/α-hetero) is 1. The van der Waals surface area contributed by atoms with Gasteiger partial charge in [0.05, 0.1) is 6.07 Å². The Hall–Kier alpha value is -1.90. The van der Waals surface area contributed by atoms with Crippen molar-refractivity contribution in [1.82, 2.24) is 9.80 Å². The summed E-state index contributed by atoms with van der Waals surface area (Å²) in [5.74, 6) is -1.93. The number of nitrogens with zero attached hydrogens (tertiary/aromatic N) is 3. The van der Waals surface area contributed by atoms with E-state index in [1.165, 1.54) is 0 Å². The van der Waals surface area contributed by atoms with E-state index in [4.69, 9.17) is 0 Å². The van der Waals surface area contributed by atoms with Crippen LogP contribution in [-0.2, 0) is 14.4 Å². The number of likely N-dealkylation sites (tertiary alicyclic amines) is 2. The molecule has 2 saturated heterocycles. The summed E-state index contributed by atoms with van der Waals surface area (Å²) in [5, 5.41) is 9.33. The lowest BCUT2D eigenvalue weighted by atomic mass is 9.86. The molecule has 3 fully saturated rings. The third-order valence-electron chi connectivity index (χ3n) is 5.14. The molecule has 0 aromatic rings. The molecule has 0 radical (unpaired) electrons. The Balaban J connectivity index is 1.64. The van der Waals surface area contributed by atoms with Gasteiger partial charge < -0.3 is 9.80 Å². The van der Waals surface area contributed by atoms with E-state index in [0.717, 1.165) is 32.1 Å². The highest BCUT2D eigenvalue weighted by Gasteiger charge is 2.40. The van der Waals surface area contributed by atoms with E-state index < -0.39 is 5.92 Å². The third-order valence-corrected chi connectivity index (χ3v) is 5.14. The van der Waals surface area contributed by atoms with Crippen LogP contribution in [0.4, 0.5) is 0 Å². The summed E-state index contributed by atoms with van der Waals surface area (Å²) in [4.78, 5) is 40.6. The van der Waals surface area contributed by atoms with E-state index in [9.17, 15) is 19.6 Å². The molecule has 1 aliphatic carbocycles. The van der Waals surface area contributed by atoms with Crippen LogP contribution in [0.2, 0.25) is 0 Å². The van der Waals surface area contributed by atoms with E-state index in [-0.39, 0.29) is 29.4 Å². The van der Waals surface area contributed by atoms with Gasteiger partial charge in [0.15, 0.2) is 11.7 Å². The molecule has 2 aliphatic heterocycles. The maximum Gasteiger partial charge on any atom is 0.247 e. The molecule has 1 saturated carbocycles. The van der Waals surface area contributed by atoms with E-state index in [2.05, 4.69) is 0 Å². The summed E-state index contributed by atoms with van der Waals surface area (Å²) < 4.78 is 0. The number of amides is 2. The Morgan fingerprint density at radius 1 is 0.913 bits per heavy atom. The molecular weight excluding hydrogens is 294 g/mol. The van der Waals surface area contributed by atoms with Crippen LogP contribution in [0.15, 0.2) is 0 Å². The smallest absolute Gasteiger partial charge is 0.247 e. The van der Waals surface area contributed by atoms with Gasteiger partial charge >= 0.3 is 0 Å². The van der Waals surface area contributed by atoms with Crippen molar-refractivity contribution in [2.45, 2.75) is 38.5 Å². The lowest BCUT2D eigenvalue weighted by molar-refractivity contribution is -0.141. The molecule has 2 amide bonds. The molecular formula is C17H23N3O3. The predicted molar refractivity (Wildman–Crippen MR) is 82.0 cm³/mol. The van der Waals surface area contributed by atoms with Gasteiger partial charge in [-0.15, -0.1) is 0 Å². The number of ketones is 1. The molecule has 0 aromatic carbocycles. The van der Waals surface area contributed by atoms with E-state index in [0.29, 0.717) is 32.6 Å². The molecule has 2 heterocycles. The zero-order valence-corrected chi connectivity index (χ0v) is 13.4. The van der Waals surface area contributed by atoms with Gasteiger partial charge in [0.25, 0.3) is 0 Å². The quantitative estimate of drug-likeness (QED) is 0.723. The molecule has 3 rings (SSSR count). The highest BCUT2D eigenvalue weighted by Crippen LogP contribution is 2.33. The Kier molecular flexibility index (Phi) is 4.65. The van der Waals surface area contributed by atoms with Crippen LogP contribution < -0.4 is 0 Å². The molecule has 2 unspecified atom stereocenters. The summed E-state index contributed by atoms with van der Waals surface area (Å²) in [6.45, 7) is 2.35. The summed E-state index contributed by atoms with van der Waals surface area (Å²) in [6.07, 6.45) is 5.20. The summed E-state index contributed by atoms with van der Waals surface area (Å²) in [7, 11) is 0. The normalized spacial score (nSPS) is 25.8. The molecule has 23 heavy (non-hydrogen) atoms. The SMILES string of the molecule is N#CC(C(=O)C1CCCN(C(=O)C2CC2)C1)C(=O)N1CCCC1. The second-order valence-corrected chi connectivity index (χ2v) is 6.89. The van der Waals surface area contributed by atoms with E-state index >= 15 is 0 Å². The van der Waals surface area contributed by atoms with Crippen molar-refractivity contribution in [3.63, 3.8) is 0 Å². The molecule has 0 aromatic heterocycles. The summed E-state index contributed by atoms with van der Waals surface area (Å²) in [5.41, 5.74) is 0. The zero-order valence-electron chi connectivity index (χ0n) is 13.4. The van der Waals surface area contributed by atoms with Gasteiger partial charge in [0.1, 0.15) is 0 Å². The lowest BCUT2D eigenvalue weighted by Crippen LogP contribution is -2.46. The fourth-order valence-electron chi connectivity index (χ4n) is 3.59. The topological polar surface area (TPSA) is 81.5 Å². The highest BCUT2D eigenvalue weighted by molar-refractivity contribution is 6.05. The van der Waals surface area contributed by atoms with Crippen molar-refractivity contribution in [3.8, 4) is 6.07 Å². The molecule has 124 valence electrons. The minimum absolute atomic E-state index is 0.141. The van der Waals surface area contributed by atoms with Crippen molar-refractivity contribution in [2.24, 2.45) is 17.8 Å². The number of carbonyl (C=O) groups excluding carboxylic acids is 3. The van der Waals surface area contributed by atoms with Crippen molar-refractivity contribution in [1.29, 1.82) is 5.26 Å². The average molecular weight is 317 g/mol. The van der Waals surface area contributed by atoms with Crippen LogP contribution in [0.25, 0.3) is 0 Å². The summed E-state index contributed by atoms with van der Waals surface area (Å²) >= 11 is 0. The number of hydrogen-bond acceptors (Lipinski definition) is 4. The Bertz CT molecular complexity index is 544. The number of nitriles is 1. The minimum Gasteiger partial charge on any atom is -0.342 e. The van der Waals surface area contributed by atoms with Gasteiger partial charge in [0.2, 0.25) is 11.8 Å². The first-order valence-electron chi connectivity index (χ1n) is 8.62. The predicted octanol–water partition coefficient (Wildman–Crippen LogP) is 0.966. The maximum atomic E-state index is 12.7. The molecule has 2 atom stereocenters. The first-order chi connectivity index (χ1) is 11.1. The van der Waals surface area contributed by atoms with E-state index in [1.807, 2.05) is 6.07 Å². The van der Waals surface area contributed by atoms with E-state index in [1.54, 1.807) is 9.80 Å². The molecule has 3 aliphatic rings. The van der Waals surface area contributed by atoms with Crippen molar-refractivity contribution < 1.29 is 14.4 Å². The third kappa shape index (κ3) is 3.39. The molecule has 0 bridgehead atoms. The average Bonchev–Trinajstić information content (AvgIpc) is 3.28. The second kappa shape index (κ2) is 6.69. The van der Waals surface area contributed by atoms with Gasteiger partial charge in [-0.25, -0.2) is 0 Å². The van der Waals surface area contributed by atoms with Crippen molar-refractivity contribution >= 4 is 17.6 Å². The fourth-order valence-corrected chi connectivity index (χ4v) is 3.59. The van der Waals surface area contributed by atoms with Gasteiger partial charge in [-0.2, -0.15) is 5.26 Å². The first-order valence-corrected chi connectivity index (χ1v) is 8.62. The minimum atomic E-state index is -1.20. The van der Waals surface area contributed by atoms with Crippen molar-refractivity contribution in [3.05, 3.63) is 0 Å². The van der Waals surface area contributed by atoms with Gasteiger partial charge in [-0.1, -0.05) is 0 Å². The number of piperidine rings is 1. The number of carbonyl (C=O) groups is 3. The lowest BCUT2D eigenvalue weighted by Gasteiger charge is -2.33. The van der Waals surface area contributed by atoms with Gasteiger partial charge in [0, 0.05) is 38.0 Å². The Morgan fingerprint density at radius 2 is 1.57 bits per heavy atom.